The zero-order valence-electron chi connectivity index (χ0n) is 10.5. The molecule has 17 heavy (non-hydrogen) atoms. The van der Waals surface area contributed by atoms with Crippen molar-refractivity contribution in [3.8, 4) is 0 Å². The van der Waals surface area contributed by atoms with Crippen molar-refractivity contribution in [3.05, 3.63) is 35.4 Å². The lowest BCUT2D eigenvalue weighted by Crippen LogP contribution is -2.45. The molecule has 0 radical (unpaired) electrons. The summed E-state index contributed by atoms with van der Waals surface area (Å²) in [4.78, 5) is 2.63. The lowest BCUT2D eigenvalue weighted by molar-refractivity contribution is 0.220. The summed E-state index contributed by atoms with van der Waals surface area (Å²) in [5, 5.41) is 3.43. The minimum Gasteiger partial charge on any atom is -0.314 e. The van der Waals surface area contributed by atoms with Crippen molar-refractivity contribution >= 4 is 0 Å². The third kappa shape index (κ3) is 2.53. The number of benzene rings is 1. The van der Waals surface area contributed by atoms with Gasteiger partial charge in [-0.05, 0) is 36.3 Å². The van der Waals surface area contributed by atoms with Crippen LogP contribution in [-0.2, 0) is 6.42 Å². The summed E-state index contributed by atoms with van der Waals surface area (Å²) in [5.41, 5.74) is 3.22. The molecule has 1 aliphatic heterocycles. The summed E-state index contributed by atoms with van der Waals surface area (Å²) < 4.78 is 0. The van der Waals surface area contributed by atoms with E-state index < -0.39 is 0 Å². The Balaban J connectivity index is 1.71. The molecule has 0 saturated carbocycles. The van der Waals surface area contributed by atoms with Gasteiger partial charge >= 0.3 is 0 Å². The first kappa shape index (κ1) is 11.2. The molecule has 2 heteroatoms. The number of aryl methyl sites for hydroxylation is 1. The van der Waals surface area contributed by atoms with E-state index in [1.54, 1.807) is 11.1 Å². The number of hydrogen-bond donors (Lipinski definition) is 1. The van der Waals surface area contributed by atoms with Crippen molar-refractivity contribution in [1.29, 1.82) is 0 Å². The molecule has 1 unspecified atom stereocenters. The van der Waals surface area contributed by atoms with Crippen LogP contribution in [0, 0.1) is 0 Å². The Morgan fingerprint density at radius 1 is 1.18 bits per heavy atom. The summed E-state index contributed by atoms with van der Waals surface area (Å²) in [6.07, 6.45) is 4.03. The average molecular weight is 230 g/mol. The Labute approximate surface area is 104 Å². The van der Waals surface area contributed by atoms with E-state index in [0.29, 0.717) is 0 Å². The zero-order valence-corrected chi connectivity index (χ0v) is 10.5. The lowest BCUT2D eigenvalue weighted by atomic mass is 9.82. The van der Waals surface area contributed by atoms with Gasteiger partial charge in [0.2, 0.25) is 0 Å². The fourth-order valence-corrected chi connectivity index (χ4v) is 3.25. The van der Waals surface area contributed by atoms with Crippen molar-refractivity contribution in [2.45, 2.75) is 25.2 Å². The molecule has 1 atom stereocenters. The normalized spacial score (nSPS) is 25.5. The van der Waals surface area contributed by atoms with Crippen LogP contribution in [0.1, 0.15) is 29.9 Å². The van der Waals surface area contributed by atoms with Crippen molar-refractivity contribution in [2.75, 3.05) is 32.7 Å². The van der Waals surface area contributed by atoms with Crippen LogP contribution in [0.4, 0.5) is 0 Å². The minimum atomic E-state index is 0.776. The second-order valence-corrected chi connectivity index (χ2v) is 5.34. The fraction of sp³-hybridized carbons (Fsp3) is 0.600. The molecule has 1 N–H and O–H groups in total. The van der Waals surface area contributed by atoms with E-state index in [9.17, 15) is 0 Å². The Morgan fingerprint density at radius 2 is 2.00 bits per heavy atom. The predicted molar refractivity (Wildman–Crippen MR) is 71.4 cm³/mol. The largest absolute Gasteiger partial charge is 0.314 e. The highest BCUT2D eigenvalue weighted by Gasteiger charge is 2.22. The molecule has 92 valence electrons. The number of nitrogens with one attached hydrogen (secondary N) is 1. The molecular formula is C15H22N2. The van der Waals surface area contributed by atoms with Gasteiger partial charge in [-0.15, -0.1) is 0 Å². The Morgan fingerprint density at radius 3 is 2.88 bits per heavy atom. The maximum absolute atomic E-state index is 3.43. The molecular weight excluding hydrogens is 208 g/mol. The molecule has 2 aliphatic rings. The monoisotopic (exact) mass is 230 g/mol. The number of piperazine rings is 1. The van der Waals surface area contributed by atoms with Crippen LogP contribution in [-0.4, -0.2) is 37.6 Å². The molecule has 3 rings (SSSR count). The summed E-state index contributed by atoms with van der Waals surface area (Å²) in [6.45, 7) is 6.03. The van der Waals surface area contributed by atoms with Crippen LogP contribution in [0.2, 0.25) is 0 Å². The molecule has 0 bridgehead atoms. The van der Waals surface area contributed by atoms with Gasteiger partial charge in [0, 0.05) is 32.7 Å². The fourth-order valence-electron chi connectivity index (χ4n) is 3.25. The maximum Gasteiger partial charge on any atom is 0.0108 e. The van der Waals surface area contributed by atoms with E-state index in [4.69, 9.17) is 0 Å². The van der Waals surface area contributed by atoms with E-state index in [1.807, 2.05) is 0 Å². The van der Waals surface area contributed by atoms with E-state index in [0.717, 1.165) is 19.0 Å². The molecule has 1 saturated heterocycles. The minimum absolute atomic E-state index is 0.776. The highest BCUT2D eigenvalue weighted by atomic mass is 15.2. The van der Waals surface area contributed by atoms with Gasteiger partial charge < -0.3 is 10.2 Å². The third-order valence-electron chi connectivity index (χ3n) is 4.18. The van der Waals surface area contributed by atoms with E-state index >= 15 is 0 Å². The maximum atomic E-state index is 3.43. The van der Waals surface area contributed by atoms with Gasteiger partial charge in [0.1, 0.15) is 0 Å². The summed E-state index contributed by atoms with van der Waals surface area (Å²) in [5.74, 6) is 0.776. The van der Waals surface area contributed by atoms with Crippen molar-refractivity contribution in [3.63, 3.8) is 0 Å². The third-order valence-corrected chi connectivity index (χ3v) is 4.18. The molecule has 0 aromatic heterocycles. The first-order valence-corrected chi connectivity index (χ1v) is 6.94. The number of nitrogens with zero attached hydrogens (tertiary/aromatic N) is 1. The number of fused-ring (bicyclic) bond motifs is 1. The molecule has 2 nitrogen and oxygen atoms in total. The van der Waals surface area contributed by atoms with Crippen molar-refractivity contribution in [1.82, 2.24) is 10.2 Å². The van der Waals surface area contributed by atoms with Crippen LogP contribution in [0.3, 0.4) is 0 Å². The number of hydrogen-bond acceptors (Lipinski definition) is 2. The molecule has 0 spiro atoms. The standard InChI is InChI=1S/C15H22N2/c1-2-7-15-13(4-1)5-3-6-14(15)12-17-10-8-16-9-11-17/h1-2,4,7,14,16H,3,5-6,8-12H2. The smallest absolute Gasteiger partial charge is 0.0108 e. The molecule has 1 fully saturated rings. The van der Waals surface area contributed by atoms with Gasteiger partial charge in [-0.1, -0.05) is 24.3 Å². The van der Waals surface area contributed by atoms with Gasteiger partial charge in [-0.2, -0.15) is 0 Å². The first-order chi connectivity index (χ1) is 8.43. The SMILES string of the molecule is c1ccc2c(c1)CCCC2CN1CCNCC1. The number of rotatable bonds is 2. The lowest BCUT2D eigenvalue weighted by Gasteiger charge is -2.33. The van der Waals surface area contributed by atoms with Crippen LogP contribution >= 0.6 is 0 Å². The Kier molecular flexibility index (Phi) is 3.44. The average Bonchev–Trinajstić information content (AvgIpc) is 2.40. The molecule has 1 aromatic carbocycles. The van der Waals surface area contributed by atoms with Crippen LogP contribution in [0.15, 0.2) is 24.3 Å². The van der Waals surface area contributed by atoms with Gasteiger partial charge in [0.05, 0.1) is 0 Å². The summed E-state index contributed by atoms with van der Waals surface area (Å²) in [6, 6.07) is 9.06. The Bertz CT molecular complexity index is 369. The van der Waals surface area contributed by atoms with Gasteiger partial charge in [-0.25, -0.2) is 0 Å². The molecule has 1 aliphatic carbocycles. The highest BCUT2D eigenvalue weighted by molar-refractivity contribution is 5.32. The predicted octanol–water partition coefficient (Wildman–Crippen LogP) is 2.01. The zero-order chi connectivity index (χ0) is 11.5. The van der Waals surface area contributed by atoms with Crippen molar-refractivity contribution in [2.24, 2.45) is 0 Å². The van der Waals surface area contributed by atoms with E-state index in [1.165, 1.54) is 38.9 Å². The van der Waals surface area contributed by atoms with Gasteiger partial charge in [-0.3, -0.25) is 0 Å². The first-order valence-electron chi connectivity index (χ1n) is 6.94. The molecule has 1 aromatic rings. The van der Waals surface area contributed by atoms with Crippen LogP contribution < -0.4 is 5.32 Å². The second-order valence-electron chi connectivity index (χ2n) is 5.34. The van der Waals surface area contributed by atoms with E-state index in [2.05, 4.69) is 34.5 Å². The van der Waals surface area contributed by atoms with Gasteiger partial charge in [0.15, 0.2) is 0 Å². The molecule has 1 heterocycles. The van der Waals surface area contributed by atoms with Crippen LogP contribution in [0.25, 0.3) is 0 Å². The second kappa shape index (κ2) is 5.19. The van der Waals surface area contributed by atoms with Crippen molar-refractivity contribution < 1.29 is 0 Å². The van der Waals surface area contributed by atoms with E-state index in [-0.39, 0.29) is 0 Å². The molecule has 0 amide bonds. The topological polar surface area (TPSA) is 15.3 Å². The summed E-state index contributed by atoms with van der Waals surface area (Å²) in [7, 11) is 0. The Hall–Kier alpha value is -0.860. The van der Waals surface area contributed by atoms with Gasteiger partial charge in [0.25, 0.3) is 0 Å². The quantitative estimate of drug-likeness (QED) is 0.836. The van der Waals surface area contributed by atoms with Crippen LogP contribution in [0.5, 0.6) is 0 Å². The highest BCUT2D eigenvalue weighted by Crippen LogP contribution is 2.31. The summed E-state index contributed by atoms with van der Waals surface area (Å²) >= 11 is 0.